The van der Waals surface area contributed by atoms with E-state index in [1.165, 1.54) is 0 Å². The number of hydrogen-bond acceptors (Lipinski definition) is 2. The van der Waals surface area contributed by atoms with E-state index in [4.69, 9.17) is 9.47 Å². The summed E-state index contributed by atoms with van der Waals surface area (Å²) < 4.78 is 10.1. The van der Waals surface area contributed by atoms with E-state index >= 15 is 0 Å². The second-order valence-electron chi connectivity index (χ2n) is 1.89. The van der Waals surface area contributed by atoms with Gasteiger partial charge in [-0.3, -0.25) is 0 Å². The minimum Gasteiger partial charge on any atom is -0.324 e. The van der Waals surface area contributed by atoms with Crippen LogP contribution in [0.2, 0.25) is 0 Å². The van der Waals surface area contributed by atoms with Gasteiger partial charge in [0, 0.05) is 0 Å². The Balaban J connectivity index is 2.29. The summed E-state index contributed by atoms with van der Waals surface area (Å²) in [6.45, 7) is 4.46. The quantitative estimate of drug-likeness (QED) is 0.494. The van der Waals surface area contributed by atoms with Gasteiger partial charge in [-0.25, -0.2) is 0 Å². The molecule has 1 aliphatic rings. The van der Waals surface area contributed by atoms with Crippen molar-refractivity contribution in [1.82, 2.24) is 0 Å². The molecule has 1 heterocycles. The zero-order valence-electron chi connectivity index (χ0n) is 4.73. The minimum absolute atomic E-state index is 0.236. The number of hydrogen-bond donors (Lipinski definition) is 0. The third-order valence-electron chi connectivity index (χ3n) is 1.37. The summed E-state index contributed by atoms with van der Waals surface area (Å²) in [5.41, 5.74) is 0. The molecule has 0 aromatic carbocycles. The maximum Gasteiger partial charge on any atom is 0.170 e. The first-order chi connectivity index (χ1) is 3.27. The average molecular weight is 102 g/mol. The molecule has 0 aliphatic carbocycles. The van der Waals surface area contributed by atoms with Crippen molar-refractivity contribution in [3.63, 3.8) is 0 Å². The highest BCUT2D eigenvalue weighted by Crippen LogP contribution is 2.24. The smallest absolute Gasteiger partial charge is 0.170 e. The molecular weight excluding hydrogens is 92.1 g/mol. The van der Waals surface area contributed by atoms with Crippen molar-refractivity contribution < 1.29 is 9.47 Å². The topological polar surface area (TPSA) is 18.5 Å². The molecule has 2 nitrogen and oxygen atoms in total. The molecule has 1 rings (SSSR count). The van der Waals surface area contributed by atoms with Crippen molar-refractivity contribution in [2.45, 2.75) is 26.1 Å². The van der Waals surface area contributed by atoms with Gasteiger partial charge in [0.25, 0.3) is 0 Å². The van der Waals surface area contributed by atoms with Crippen molar-refractivity contribution in [3.8, 4) is 0 Å². The van der Waals surface area contributed by atoms with Gasteiger partial charge < -0.3 is 9.47 Å². The third kappa shape index (κ3) is 0.763. The predicted molar refractivity (Wildman–Crippen MR) is 25.7 cm³/mol. The van der Waals surface area contributed by atoms with Crippen molar-refractivity contribution in [2.75, 3.05) is 6.79 Å². The molecule has 7 heavy (non-hydrogen) atoms. The van der Waals surface area contributed by atoms with Crippen molar-refractivity contribution in [2.24, 2.45) is 0 Å². The summed E-state index contributed by atoms with van der Waals surface area (Å²) in [6.07, 6.45) is 0.938. The molecule has 0 bridgehead atoms. The average Bonchev–Trinajstić information content (AvgIpc) is 1.61. The Morgan fingerprint density at radius 3 is 2.14 bits per heavy atom. The molecule has 1 fully saturated rings. The molecule has 0 saturated carbocycles. The maximum absolute atomic E-state index is 5.05. The highest BCUT2D eigenvalue weighted by molar-refractivity contribution is 4.62. The van der Waals surface area contributed by atoms with Crippen LogP contribution in [0, 0.1) is 0 Å². The van der Waals surface area contributed by atoms with Crippen LogP contribution in [-0.4, -0.2) is 12.6 Å². The van der Waals surface area contributed by atoms with Crippen LogP contribution in [0.3, 0.4) is 0 Å². The zero-order valence-corrected chi connectivity index (χ0v) is 4.73. The lowest BCUT2D eigenvalue weighted by molar-refractivity contribution is -0.389. The summed E-state index contributed by atoms with van der Waals surface area (Å²) in [5, 5.41) is 0. The van der Waals surface area contributed by atoms with E-state index in [9.17, 15) is 0 Å². The molecule has 0 unspecified atom stereocenters. The van der Waals surface area contributed by atoms with Gasteiger partial charge in [0.2, 0.25) is 0 Å². The van der Waals surface area contributed by atoms with E-state index in [2.05, 4.69) is 0 Å². The molecule has 0 radical (unpaired) electrons. The largest absolute Gasteiger partial charge is 0.324 e. The monoisotopic (exact) mass is 102 g/mol. The lowest BCUT2D eigenvalue weighted by Gasteiger charge is -2.37. The number of rotatable bonds is 1. The first-order valence-electron chi connectivity index (χ1n) is 2.55. The maximum atomic E-state index is 5.05. The van der Waals surface area contributed by atoms with Crippen LogP contribution in [-0.2, 0) is 9.47 Å². The van der Waals surface area contributed by atoms with Gasteiger partial charge in [-0.15, -0.1) is 0 Å². The van der Waals surface area contributed by atoms with Crippen LogP contribution in [0.5, 0.6) is 0 Å². The van der Waals surface area contributed by atoms with Gasteiger partial charge >= 0.3 is 0 Å². The highest BCUT2D eigenvalue weighted by atomic mass is 16.9. The first-order valence-corrected chi connectivity index (χ1v) is 2.55. The minimum atomic E-state index is -0.236. The van der Waals surface area contributed by atoms with Gasteiger partial charge in [-0.2, -0.15) is 0 Å². The van der Waals surface area contributed by atoms with Crippen molar-refractivity contribution >= 4 is 0 Å². The van der Waals surface area contributed by atoms with E-state index < -0.39 is 0 Å². The third-order valence-corrected chi connectivity index (χ3v) is 1.37. The summed E-state index contributed by atoms with van der Waals surface area (Å²) in [5.74, 6) is -0.236. The summed E-state index contributed by atoms with van der Waals surface area (Å²) in [7, 11) is 0. The van der Waals surface area contributed by atoms with Crippen LogP contribution in [0.4, 0.5) is 0 Å². The molecule has 1 saturated heterocycles. The Labute approximate surface area is 43.4 Å². The molecule has 1 aliphatic heterocycles. The Morgan fingerprint density at radius 1 is 1.57 bits per heavy atom. The van der Waals surface area contributed by atoms with Gasteiger partial charge in [-0.1, -0.05) is 6.92 Å². The van der Waals surface area contributed by atoms with Crippen LogP contribution in [0.25, 0.3) is 0 Å². The van der Waals surface area contributed by atoms with Gasteiger partial charge in [0.1, 0.15) is 0 Å². The van der Waals surface area contributed by atoms with Crippen molar-refractivity contribution in [3.05, 3.63) is 0 Å². The fourth-order valence-corrected chi connectivity index (χ4v) is 0.464. The van der Waals surface area contributed by atoms with E-state index in [1.54, 1.807) is 0 Å². The van der Waals surface area contributed by atoms with Gasteiger partial charge in [-0.05, 0) is 13.3 Å². The standard InChI is InChI=1S/C5H10O2/c1-3-5(2)6-4-7-5/h3-4H2,1-2H3. The Kier molecular flexibility index (Phi) is 1.05. The van der Waals surface area contributed by atoms with E-state index in [1.807, 2.05) is 13.8 Å². The Morgan fingerprint density at radius 2 is 2.14 bits per heavy atom. The van der Waals surface area contributed by atoms with Gasteiger partial charge in [0.15, 0.2) is 12.6 Å². The fourth-order valence-electron chi connectivity index (χ4n) is 0.464. The molecule has 0 amide bonds. The summed E-state index contributed by atoms with van der Waals surface area (Å²) in [6, 6.07) is 0. The van der Waals surface area contributed by atoms with Crippen LogP contribution in [0.1, 0.15) is 20.3 Å². The molecule has 0 aromatic rings. The lowest BCUT2D eigenvalue weighted by Crippen LogP contribution is -2.42. The first kappa shape index (κ1) is 5.06. The molecule has 0 aromatic heterocycles. The molecule has 42 valence electrons. The van der Waals surface area contributed by atoms with Crippen LogP contribution in [0.15, 0.2) is 0 Å². The summed E-state index contributed by atoms with van der Waals surface area (Å²) in [4.78, 5) is 0. The van der Waals surface area contributed by atoms with Crippen LogP contribution >= 0.6 is 0 Å². The number of ether oxygens (including phenoxy) is 2. The van der Waals surface area contributed by atoms with E-state index in [0.717, 1.165) is 6.42 Å². The molecule has 0 atom stereocenters. The van der Waals surface area contributed by atoms with E-state index in [0.29, 0.717) is 6.79 Å². The van der Waals surface area contributed by atoms with E-state index in [-0.39, 0.29) is 5.79 Å². The summed E-state index contributed by atoms with van der Waals surface area (Å²) >= 11 is 0. The zero-order chi connectivity index (χ0) is 5.33. The highest BCUT2D eigenvalue weighted by Gasteiger charge is 2.31. The van der Waals surface area contributed by atoms with Crippen LogP contribution < -0.4 is 0 Å². The molecule has 0 spiro atoms. The normalized spacial score (nSPS) is 26.6. The Hall–Kier alpha value is -0.0800. The molecule has 2 heteroatoms. The fraction of sp³-hybridized carbons (Fsp3) is 1.00. The van der Waals surface area contributed by atoms with Crippen molar-refractivity contribution in [1.29, 1.82) is 0 Å². The lowest BCUT2D eigenvalue weighted by atomic mass is 10.2. The molecule has 0 N–H and O–H groups in total. The van der Waals surface area contributed by atoms with Gasteiger partial charge in [0.05, 0.1) is 0 Å². The predicted octanol–water partition coefficient (Wildman–Crippen LogP) is 1.12. The second kappa shape index (κ2) is 1.46. The molecular formula is C5H10O2. The Bertz CT molecular complexity index is 61.0. The second-order valence-corrected chi connectivity index (χ2v) is 1.89. The SMILES string of the molecule is CCC1(C)OCO1.